The molecule has 0 aliphatic carbocycles. The van der Waals surface area contributed by atoms with Crippen LogP contribution in [0.25, 0.3) is 0 Å². The average molecular weight is 246 g/mol. The summed E-state index contributed by atoms with van der Waals surface area (Å²) in [7, 11) is 0. The van der Waals surface area contributed by atoms with Gasteiger partial charge in [-0.15, -0.1) is 0 Å². The van der Waals surface area contributed by atoms with Crippen LogP contribution in [-0.4, -0.2) is 12.7 Å². The van der Waals surface area contributed by atoms with Gasteiger partial charge >= 0.3 is 0 Å². The lowest BCUT2D eigenvalue weighted by Crippen LogP contribution is -2.11. The molecule has 13 heavy (non-hydrogen) atoms. The first-order valence-electron chi connectivity index (χ1n) is 4.31. The van der Waals surface area contributed by atoms with Crippen molar-refractivity contribution in [1.29, 1.82) is 0 Å². The summed E-state index contributed by atoms with van der Waals surface area (Å²) in [5.41, 5.74) is 6.27. The fourth-order valence-electron chi connectivity index (χ4n) is 1.19. The maximum Gasteiger partial charge on any atom is 0.105 e. The van der Waals surface area contributed by atoms with Gasteiger partial charge in [0.15, 0.2) is 0 Å². The van der Waals surface area contributed by atoms with Crippen molar-refractivity contribution in [3.05, 3.63) is 34.3 Å². The number of nitrogens with two attached hydrogens (primary N) is 1. The molecular weight excluding hydrogens is 233 g/mol. The summed E-state index contributed by atoms with van der Waals surface area (Å²) < 4.78 is 14.1. The molecule has 0 aromatic heterocycles. The van der Waals surface area contributed by atoms with Crippen LogP contribution in [0.1, 0.15) is 12.0 Å². The number of rotatable bonds is 4. The molecule has 0 amide bonds. The fraction of sp³-hybridized carbons (Fsp3) is 0.400. The lowest BCUT2D eigenvalue weighted by molar-refractivity contribution is 0.316. The molecule has 1 rings (SSSR count). The van der Waals surface area contributed by atoms with E-state index in [0.717, 1.165) is 10.0 Å². The minimum atomic E-state index is -0.830. The Kier molecular flexibility index (Phi) is 4.39. The molecule has 0 heterocycles. The summed E-state index contributed by atoms with van der Waals surface area (Å²) in [6, 6.07) is 7.68. The Balaban J connectivity index is 2.58. The van der Waals surface area contributed by atoms with Gasteiger partial charge in [-0.1, -0.05) is 34.1 Å². The summed E-state index contributed by atoms with van der Waals surface area (Å²) in [5, 5.41) is 0. The van der Waals surface area contributed by atoms with E-state index in [4.69, 9.17) is 5.73 Å². The topological polar surface area (TPSA) is 26.0 Å². The zero-order valence-corrected chi connectivity index (χ0v) is 8.93. The molecule has 0 bridgehead atoms. The zero-order chi connectivity index (χ0) is 9.68. The van der Waals surface area contributed by atoms with Crippen LogP contribution >= 0.6 is 15.9 Å². The van der Waals surface area contributed by atoms with Gasteiger partial charge in [0.25, 0.3) is 0 Å². The molecular formula is C10H13BrFN. The van der Waals surface area contributed by atoms with Crippen LogP contribution in [-0.2, 0) is 6.42 Å². The minimum absolute atomic E-state index is 0.408. The number of hydrogen-bond acceptors (Lipinski definition) is 1. The maximum absolute atomic E-state index is 13.2. The largest absolute Gasteiger partial charge is 0.330 e. The summed E-state index contributed by atoms with van der Waals surface area (Å²) >= 11 is 3.38. The molecule has 0 fully saturated rings. The van der Waals surface area contributed by atoms with E-state index < -0.39 is 6.17 Å². The molecule has 1 nitrogen and oxygen atoms in total. The average Bonchev–Trinajstić information content (AvgIpc) is 2.09. The lowest BCUT2D eigenvalue weighted by Gasteiger charge is -2.07. The molecule has 1 aromatic carbocycles. The number of halogens is 2. The molecule has 1 atom stereocenters. The predicted octanol–water partition coefficient (Wildman–Crippen LogP) is 2.68. The Labute approximate surface area is 86.3 Å². The first kappa shape index (κ1) is 10.7. The van der Waals surface area contributed by atoms with Gasteiger partial charge in [0.05, 0.1) is 0 Å². The smallest absolute Gasteiger partial charge is 0.105 e. The summed E-state index contributed by atoms with van der Waals surface area (Å²) in [6.07, 6.45) is 0.0451. The van der Waals surface area contributed by atoms with Gasteiger partial charge in [-0.3, -0.25) is 0 Å². The Morgan fingerprint density at radius 2 is 2.08 bits per heavy atom. The third kappa shape index (κ3) is 3.44. The quantitative estimate of drug-likeness (QED) is 0.868. The fourth-order valence-corrected chi connectivity index (χ4v) is 1.63. The van der Waals surface area contributed by atoms with E-state index in [-0.39, 0.29) is 0 Å². The van der Waals surface area contributed by atoms with Crippen molar-refractivity contribution >= 4 is 15.9 Å². The summed E-state index contributed by atoms with van der Waals surface area (Å²) in [5.74, 6) is 0. The molecule has 0 saturated heterocycles. The summed E-state index contributed by atoms with van der Waals surface area (Å²) in [6.45, 7) is 0.408. The van der Waals surface area contributed by atoms with Gasteiger partial charge in [0, 0.05) is 10.9 Å². The molecule has 0 saturated carbocycles. The van der Waals surface area contributed by atoms with Crippen molar-refractivity contribution in [2.45, 2.75) is 19.0 Å². The number of alkyl halides is 1. The molecule has 0 radical (unpaired) electrons. The van der Waals surface area contributed by atoms with Crippen molar-refractivity contribution in [1.82, 2.24) is 0 Å². The molecule has 3 heteroatoms. The van der Waals surface area contributed by atoms with E-state index in [0.29, 0.717) is 19.4 Å². The van der Waals surface area contributed by atoms with Crippen LogP contribution in [0.3, 0.4) is 0 Å². The Morgan fingerprint density at radius 3 is 2.69 bits per heavy atom. The monoisotopic (exact) mass is 245 g/mol. The Hall–Kier alpha value is -0.410. The van der Waals surface area contributed by atoms with E-state index in [1.54, 1.807) is 0 Å². The van der Waals surface area contributed by atoms with Gasteiger partial charge in [0.1, 0.15) is 6.17 Å². The van der Waals surface area contributed by atoms with Gasteiger partial charge in [0.2, 0.25) is 0 Å². The molecule has 0 aliphatic rings. The van der Waals surface area contributed by atoms with E-state index in [2.05, 4.69) is 15.9 Å². The van der Waals surface area contributed by atoms with Crippen LogP contribution in [0.2, 0.25) is 0 Å². The second-order valence-electron chi connectivity index (χ2n) is 2.97. The molecule has 1 aromatic rings. The third-order valence-electron chi connectivity index (χ3n) is 1.88. The van der Waals surface area contributed by atoms with E-state index in [9.17, 15) is 4.39 Å². The minimum Gasteiger partial charge on any atom is -0.330 e. The molecule has 0 spiro atoms. The van der Waals surface area contributed by atoms with Crippen LogP contribution in [0.4, 0.5) is 4.39 Å². The number of hydrogen-bond donors (Lipinski definition) is 1. The zero-order valence-electron chi connectivity index (χ0n) is 7.34. The molecule has 1 unspecified atom stereocenters. The SMILES string of the molecule is NCCC(F)Cc1ccccc1Br. The maximum atomic E-state index is 13.2. The Bertz CT molecular complexity index is 265. The van der Waals surface area contributed by atoms with Crippen LogP contribution in [0.15, 0.2) is 28.7 Å². The van der Waals surface area contributed by atoms with E-state index >= 15 is 0 Å². The van der Waals surface area contributed by atoms with E-state index in [1.807, 2.05) is 24.3 Å². The van der Waals surface area contributed by atoms with Crippen molar-refractivity contribution in [2.24, 2.45) is 5.73 Å². The predicted molar refractivity (Wildman–Crippen MR) is 56.4 cm³/mol. The van der Waals surface area contributed by atoms with Gasteiger partial charge in [-0.2, -0.15) is 0 Å². The van der Waals surface area contributed by atoms with Crippen LogP contribution in [0.5, 0.6) is 0 Å². The van der Waals surface area contributed by atoms with Crippen molar-refractivity contribution in [2.75, 3.05) is 6.54 Å². The first-order valence-corrected chi connectivity index (χ1v) is 5.11. The highest BCUT2D eigenvalue weighted by Crippen LogP contribution is 2.19. The molecule has 2 N–H and O–H groups in total. The van der Waals surface area contributed by atoms with Gasteiger partial charge in [-0.25, -0.2) is 4.39 Å². The standard InChI is InChI=1S/C10H13BrFN/c11-10-4-2-1-3-8(10)7-9(12)5-6-13/h1-4,9H,5-7,13H2. The van der Waals surface area contributed by atoms with E-state index in [1.165, 1.54) is 0 Å². The van der Waals surface area contributed by atoms with Gasteiger partial charge < -0.3 is 5.73 Å². The molecule has 72 valence electrons. The van der Waals surface area contributed by atoms with Gasteiger partial charge in [-0.05, 0) is 24.6 Å². The van der Waals surface area contributed by atoms with Crippen molar-refractivity contribution in [3.63, 3.8) is 0 Å². The highest BCUT2D eigenvalue weighted by atomic mass is 79.9. The second kappa shape index (κ2) is 5.35. The third-order valence-corrected chi connectivity index (χ3v) is 2.65. The normalized spacial score (nSPS) is 12.8. The highest BCUT2D eigenvalue weighted by Gasteiger charge is 2.08. The van der Waals surface area contributed by atoms with Crippen molar-refractivity contribution in [3.8, 4) is 0 Å². The Morgan fingerprint density at radius 1 is 1.38 bits per heavy atom. The highest BCUT2D eigenvalue weighted by molar-refractivity contribution is 9.10. The first-order chi connectivity index (χ1) is 6.24. The summed E-state index contributed by atoms with van der Waals surface area (Å²) in [4.78, 5) is 0. The lowest BCUT2D eigenvalue weighted by atomic mass is 10.1. The molecule has 0 aliphatic heterocycles. The second-order valence-corrected chi connectivity index (χ2v) is 3.82. The number of benzene rings is 1. The van der Waals surface area contributed by atoms with Crippen LogP contribution < -0.4 is 5.73 Å². The van der Waals surface area contributed by atoms with Crippen LogP contribution in [0, 0.1) is 0 Å². The van der Waals surface area contributed by atoms with Crippen molar-refractivity contribution < 1.29 is 4.39 Å².